The largest absolute Gasteiger partial charge is 0.493 e. The molecule has 0 aromatic heterocycles. The van der Waals surface area contributed by atoms with Crippen molar-refractivity contribution in [2.45, 2.75) is 30.4 Å². The molecule has 196 valence electrons. The third kappa shape index (κ3) is 6.73. The van der Waals surface area contributed by atoms with Crippen molar-refractivity contribution in [3.8, 4) is 11.5 Å². The minimum atomic E-state index is -4.28. The third-order valence-corrected chi connectivity index (χ3v) is 7.76. The van der Waals surface area contributed by atoms with Crippen LogP contribution in [-0.4, -0.2) is 45.6 Å². The first-order chi connectivity index (χ1) is 17.7. The van der Waals surface area contributed by atoms with E-state index in [1.807, 2.05) is 0 Å². The predicted molar refractivity (Wildman–Crippen MR) is 137 cm³/mol. The molecule has 0 radical (unpaired) electrons. The summed E-state index contributed by atoms with van der Waals surface area (Å²) in [5, 5.41) is 0.266. The Kier molecular flexibility index (Phi) is 8.59. The van der Waals surface area contributed by atoms with Crippen molar-refractivity contribution in [3.05, 3.63) is 87.7 Å². The molecule has 0 aliphatic carbocycles. The van der Waals surface area contributed by atoms with Gasteiger partial charge in [0.1, 0.15) is 10.7 Å². The zero-order valence-corrected chi connectivity index (χ0v) is 22.2. The van der Waals surface area contributed by atoms with E-state index in [2.05, 4.69) is 0 Å². The Morgan fingerprint density at radius 1 is 1.08 bits per heavy atom. The number of amides is 1. The lowest BCUT2D eigenvalue weighted by atomic mass is 10.1. The Morgan fingerprint density at radius 3 is 2.57 bits per heavy atom. The summed E-state index contributed by atoms with van der Waals surface area (Å²) in [6.07, 6.45) is 1.53. The van der Waals surface area contributed by atoms with Crippen LogP contribution in [0.15, 0.2) is 65.6 Å². The first-order valence-electron chi connectivity index (χ1n) is 11.4. The molecule has 1 fully saturated rings. The number of hydrogen-bond acceptors (Lipinski definition) is 6. The topological polar surface area (TPSA) is 82.1 Å². The molecule has 1 aliphatic rings. The molecule has 11 heteroatoms. The molecule has 1 aliphatic heterocycles. The van der Waals surface area contributed by atoms with Crippen molar-refractivity contribution >= 4 is 39.2 Å². The smallest absolute Gasteiger partial charge is 0.339 e. The molecular weight excluding hydrogens is 544 g/mol. The predicted octanol–water partition coefficient (Wildman–Crippen LogP) is 5.73. The number of rotatable bonds is 9. The van der Waals surface area contributed by atoms with E-state index >= 15 is 0 Å². The van der Waals surface area contributed by atoms with Gasteiger partial charge in [-0.3, -0.25) is 4.79 Å². The molecule has 1 saturated heterocycles. The highest BCUT2D eigenvalue weighted by atomic mass is 35.5. The molecule has 0 spiro atoms. The van der Waals surface area contributed by atoms with Gasteiger partial charge in [-0.2, -0.15) is 8.42 Å². The fourth-order valence-electron chi connectivity index (χ4n) is 3.96. The quantitative estimate of drug-likeness (QED) is 0.307. The van der Waals surface area contributed by atoms with Gasteiger partial charge in [0.05, 0.1) is 23.3 Å². The van der Waals surface area contributed by atoms with Gasteiger partial charge in [0, 0.05) is 25.3 Å². The molecule has 4 rings (SSSR count). The fourth-order valence-corrected chi connectivity index (χ4v) is 5.28. The Hall–Kier alpha value is -2.85. The monoisotopic (exact) mass is 567 g/mol. The van der Waals surface area contributed by atoms with E-state index in [0.29, 0.717) is 18.7 Å². The maximum atomic E-state index is 13.8. The van der Waals surface area contributed by atoms with Crippen LogP contribution < -0.4 is 8.92 Å². The molecule has 0 unspecified atom stereocenters. The highest BCUT2D eigenvalue weighted by Gasteiger charge is 2.25. The van der Waals surface area contributed by atoms with Gasteiger partial charge in [0.25, 0.3) is 5.91 Å². The summed E-state index contributed by atoms with van der Waals surface area (Å²) in [6.45, 7) is 1.00. The number of hydrogen-bond donors (Lipinski definition) is 0. The third-order valence-electron chi connectivity index (χ3n) is 5.79. The summed E-state index contributed by atoms with van der Waals surface area (Å²) in [5.74, 6) is -0.789. The lowest BCUT2D eigenvalue weighted by Crippen LogP contribution is -2.37. The first-order valence-corrected chi connectivity index (χ1v) is 13.6. The number of methoxy groups -OCH3 is 1. The zero-order chi connectivity index (χ0) is 26.6. The Balaban J connectivity index is 1.62. The van der Waals surface area contributed by atoms with Crippen molar-refractivity contribution in [3.63, 3.8) is 0 Å². The molecule has 0 bridgehead atoms. The lowest BCUT2D eigenvalue weighted by Gasteiger charge is -2.26. The molecule has 0 N–H and O–H groups in total. The van der Waals surface area contributed by atoms with Crippen molar-refractivity contribution in [2.24, 2.45) is 0 Å². The van der Waals surface area contributed by atoms with E-state index in [-0.39, 0.29) is 50.6 Å². The number of benzene rings is 3. The highest BCUT2D eigenvalue weighted by molar-refractivity contribution is 7.87. The molecule has 37 heavy (non-hydrogen) atoms. The van der Waals surface area contributed by atoms with Crippen LogP contribution in [-0.2, 0) is 21.4 Å². The van der Waals surface area contributed by atoms with Crippen LogP contribution in [0.25, 0.3) is 0 Å². The Morgan fingerprint density at radius 2 is 1.89 bits per heavy atom. The average molecular weight is 568 g/mol. The number of halogens is 3. The number of ether oxygens (including phenoxy) is 2. The molecule has 3 aromatic rings. The molecule has 1 amide bonds. The first kappa shape index (κ1) is 27.2. The van der Waals surface area contributed by atoms with Crippen molar-refractivity contribution < 1.29 is 31.3 Å². The van der Waals surface area contributed by atoms with Crippen LogP contribution in [0, 0.1) is 5.82 Å². The van der Waals surface area contributed by atoms with E-state index in [1.54, 1.807) is 23.1 Å². The number of nitrogens with zero attached hydrogens (tertiary/aromatic N) is 1. The molecule has 0 saturated carbocycles. The van der Waals surface area contributed by atoms with Crippen LogP contribution in [0.3, 0.4) is 0 Å². The van der Waals surface area contributed by atoms with E-state index in [9.17, 15) is 17.6 Å². The van der Waals surface area contributed by atoms with Crippen molar-refractivity contribution in [1.29, 1.82) is 0 Å². The zero-order valence-electron chi connectivity index (χ0n) is 19.8. The van der Waals surface area contributed by atoms with Gasteiger partial charge in [-0.15, -0.1) is 0 Å². The lowest BCUT2D eigenvalue weighted by molar-refractivity contribution is 0.0507. The summed E-state index contributed by atoms with van der Waals surface area (Å²) >= 11 is 11.9. The number of carbonyl (C=O) groups is 1. The van der Waals surface area contributed by atoms with Gasteiger partial charge < -0.3 is 18.6 Å². The maximum absolute atomic E-state index is 13.8. The van der Waals surface area contributed by atoms with E-state index in [0.717, 1.165) is 12.8 Å². The second-order valence-corrected chi connectivity index (χ2v) is 10.8. The minimum Gasteiger partial charge on any atom is -0.493 e. The van der Waals surface area contributed by atoms with Gasteiger partial charge in [-0.05, 0) is 66.9 Å². The second-order valence-electron chi connectivity index (χ2n) is 8.43. The highest BCUT2D eigenvalue weighted by Crippen LogP contribution is 2.33. The van der Waals surface area contributed by atoms with Gasteiger partial charge in [0.2, 0.25) is 0 Å². The molecule has 7 nitrogen and oxygen atoms in total. The standard InChI is InChI=1S/C26H24Cl2FNO6S/c1-34-24-10-7-17(12-25(24)36-37(32,33)21-8-9-22(27)23(28)14-21)15-30(16-20-6-3-11-35-20)26(31)18-4-2-5-19(29)13-18/h2,4-5,7-10,12-14,20H,3,6,11,15-16H2,1H3/t20-/m1/s1. The molecule has 1 atom stereocenters. The fraction of sp³-hybridized carbons (Fsp3) is 0.269. The summed E-state index contributed by atoms with van der Waals surface area (Å²) in [5.41, 5.74) is 0.771. The van der Waals surface area contributed by atoms with Crippen molar-refractivity contribution in [2.75, 3.05) is 20.3 Å². The molecule has 3 aromatic carbocycles. The van der Waals surface area contributed by atoms with Crippen molar-refractivity contribution in [1.82, 2.24) is 4.90 Å². The van der Waals surface area contributed by atoms with E-state index in [1.165, 1.54) is 49.6 Å². The van der Waals surface area contributed by atoms with E-state index < -0.39 is 15.9 Å². The van der Waals surface area contributed by atoms with E-state index in [4.69, 9.17) is 36.9 Å². The minimum absolute atomic E-state index is 0.0627. The van der Waals surface area contributed by atoms with Crippen LogP contribution in [0.1, 0.15) is 28.8 Å². The van der Waals surface area contributed by atoms with Crippen LogP contribution >= 0.6 is 23.2 Å². The van der Waals surface area contributed by atoms with Crippen LogP contribution in [0.4, 0.5) is 4.39 Å². The van der Waals surface area contributed by atoms with Gasteiger partial charge >= 0.3 is 10.1 Å². The Labute approximate surface area is 224 Å². The van der Waals surface area contributed by atoms with Crippen LogP contribution in [0.2, 0.25) is 10.0 Å². The summed E-state index contributed by atoms with van der Waals surface area (Å²) in [7, 11) is -2.90. The summed E-state index contributed by atoms with van der Waals surface area (Å²) in [6, 6.07) is 14.0. The maximum Gasteiger partial charge on any atom is 0.339 e. The van der Waals surface area contributed by atoms with Crippen LogP contribution in [0.5, 0.6) is 11.5 Å². The number of carbonyl (C=O) groups excluding carboxylic acids is 1. The van der Waals surface area contributed by atoms with Gasteiger partial charge in [-0.1, -0.05) is 35.3 Å². The molecular formula is C26H24Cl2FNO6S. The Bertz CT molecular complexity index is 1400. The normalized spacial score (nSPS) is 15.4. The second kappa shape index (κ2) is 11.7. The SMILES string of the molecule is COc1ccc(CN(C[C@H]2CCCO2)C(=O)c2cccc(F)c2)cc1OS(=O)(=O)c1ccc(Cl)c(Cl)c1. The average Bonchev–Trinajstić information content (AvgIpc) is 3.38. The van der Waals surface area contributed by atoms with Gasteiger partial charge in [-0.25, -0.2) is 4.39 Å². The summed E-state index contributed by atoms with van der Waals surface area (Å²) in [4.78, 5) is 14.7. The molecule has 1 heterocycles. The summed E-state index contributed by atoms with van der Waals surface area (Å²) < 4.78 is 56.0. The van der Waals surface area contributed by atoms with Gasteiger partial charge in [0.15, 0.2) is 11.5 Å².